The number of hydrogen-bond donors (Lipinski definition) is 0. The minimum Gasteiger partial charge on any atom is -0.459 e. The molecule has 27 heavy (non-hydrogen) atoms. The molecule has 0 N–H and O–H groups in total. The summed E-state index contributed by atoms with van der Waals surface area (Å²) in [6.07, 6.45) is 4.52. The molecule has 2 bridgehead atoms. The van der Waals surface area contributed by atoms with E-state index < -0.39 is 17.9 Å². The van der Waals surface area contributed by atoms with E-state index in [9.17, 15) is 14.4 Å². The van der Waals surface area contributed by atoms with Crippen molar-refractivity contribution < 1.29 is 28.6 Å². The van der Waals surface area contributed by atoms with Crippen LogP contribution in [0.4, 0.5) is 0 Å². The van der Waals surface area contributed by atoms with Crippen LogP contribution in [0.1, 0.15) is 45.4 Å². The first-order valence-corrected chi connectivity index (χ1v) is 10.4. The predicted octanol–water partition coefficient (Wildman–Crippen LogP) is 1.29. The van der Waals surface area contributed by atoms with Crippen LogP contribution in [0.15, 0.2) is 0 Å². The van der Waals surface area contributed by atoms with E-state index in [-0.39, 0.29) is 48.0 Å². The molecule has 5 aliphatic rings. The number of carbonyl (C=O) groups excluding carboxylic acids is 3. The van der Waals surface area contributed by atoms with Crippen LogP contribution in [0.2, 0.25) is 0 Å². The van der Waals surface area contributed by atoms with Crippen molar-refractivity contribution in [2.24, 2.45) is 23.7 Å². The van der Waals surface area contributed by atoms with Gasteiger partial charge in [-0.3, -0.25) is 19.3 Å². The molecule has 2 heterocycles. The van der Waals surface area contributed by atoms with Gasteiger partial charge in [-0.25, -0.2) is 0 Å². The molecule has 7 nitrogen and oxygen atoms in total. The molecule has 0 aromatic heterocycles. The Morgan fingerprint density at radius 2 is 1.96 bits per heavy atom. The van der Waals surface area contributed by atoms with E-state index in [1.165, 1.54) is 0 Å². The Hall–Kier alpha value is -1.63. The molecule has 6 unspecified atom stereocenters. The van der Waals surface area contributed by atoms with Gasteiger partial charge in [0.1, 0.15) is 17.8 Å². The summed E-state index contributed by atoms with van der Waals surface area (Å²) in [6, 6.07) is 0. The second-order valence-corrected chi connectivity index (χ2v) is 8.91. The Morgan fingerprint density at radius 1 is 1.22 bits per heavy atom. The second kappa shape index (κ2) is 6.19. The smallest absolute Gasteiger partial charge is 0.320 e. The lowest BCUT2D eigenvalue weighted by molar-refractivity contribution is -0.175. The lowest BCUT2D eigenvalue weighted by Crippen LogP contribution is -2.46. The molecule has 5 fully saturated rings. The van der Waals surface area contributed by atoms with Crippen LogP contribution in [0.5, 0.6) is 0 Å². The van der Waals surface area contributed by atoms with Gasteiger partial charge in [0.05, 0.1) is 18.4 Å². The standard InChI is InChI=1S/C20H27NO6/c1-2-20(5-3-4-6-20)27-19(24)15-12-9-11-14(15)18(23)26-17(11)16(12)25-13(22)10-21-7-8-21/h11-12,14-17H,2-10H2,1H3. The molecule has 3 aliphatic carbocycles. The fourth-order valence-corrected chi connectivity index (χ4v) is 5.90. The zero-order valence-corrected chi connectivity index (χ0v) is 15.7. The molecule has 148 valence electrons. The van der Waals surface area contributed by atoms with E-state index in [1.54, 1.807) is 0 Å². The van der Waals surface area contributed by atoms with Gasteiger partial charge >= 0.3 is 17.9 Å². The van der Waals surface area contributed by atoms with E-state index in [0.29, 0.717) is 6.42 Å². The van der Waals surface area contributed by atoms with Crippen molar-refractivity contribution in [3.63, 3.8) is 0 Å². The van der Waals surface area contributed by atoms with Gasteiger partial charge in [0, 0.05) is 24.9 Å². The molecule has 3 saturated carbocycles. The summed E-state index contributed by atoms with van der Waals surface area (Å²) in [7, 11) is 0. The summed E-state index contributed by atoms with van der Waals surface area (Å²) in [5.74, 6) is -2.07. The van der Waals surface area contributed by atoms with Gasteiger partial charge in [0.25, 0.3) is 0 Å². The highest BCUT2D eigenvalue weighted by molar-refractivity contribution is 5.86. The molecule has 7 heteroatoms. The fraction of sp³-hybridized carbons (Fsp3) is 0.850. The van der Waals surface area contributed by atoms with Crippen molar-refractivity contribution in [1.29, 1.82) is 0 Å². The van der Waals surface area contributed by atoms with Crippen molar-refractivity contribution in [3.05, 3.63) is 0 Å². The first-order chi connectivity index (χ1) is 13.0. The van der Waals surface area contributed by atoms with Crippen molar-refractivity contribution in [2.75, 3.05) is 19.6 Å². The van der Waals surface area contributed by atoms with Gasteiger partial charge in [-0.15, -0.1) is 0 Å². The first kappa shape index (κ1) is 17.5. The summed E-state index contributed by atoms with van der Waals surface area (Å²) in [6.45, 7) is 4.16. The zero-order valence-electron chi connectivity index (χ0n) is 15.7. The molecule has 0 aromatic carbocycles. The maximum absolute atomic E-state index is 13.1. The highest BCUT2D eigenvalue weighted by Crippen LogP contribution is 2.59. The third-order valence-electron chi connectivity index (χ3n) is 7.45. The Morgan fingerprint density at radius 3 is 2.63 bits per heavy atom. The summed E-state index contributed by atoms with van der Waals surface area (Å²) < 4.78 is 17.3. The van der Waals surface area contributed by atoms with E-state index in [1.807, 2.05) is 4.90 Å². The van der Waals surface area contributed by atoms with E-state index in [4.69, 9.17) is 14.2 Å². The third kappa shape index (κ3) is 2.77. The summed E-state index contributed by atoms with van der Waals surface area (Å²) >= 11 is 0. The Balaban J connectivity index is 1.33. The average Bonchev–Trinajstić information content (AvgIpc) is 2.99. The van der Waals surface area contributed by atoms with E-state index >= 15 is 0 Å². The second-order valence-electron chi connectivity index (χ2n) is 8.91. The Labute approximate surface area is 158 Å². The van der Waals surface area contributed by atoms with Crippen LogP contribution in [0, 0.1) is 23.7 Å². The summed E-state index contributed by atoms with van der Waals surface area (Å²) in [5, 5.41) is 0. The molecule has 6 atom stereocenters. The van der Waals surface area contributed by atoms with Gasteiger partial charge in [0.2, 0.25) is 0 Å². The first-order valence-electron chi connectivity index (χ1n) is 10.4. The molecule has 0 aromatic rings. The minimum atomic E-state index is -0.538. The monoisotopic (exact) mass is 377 g/mol. The Bertz CT molecular complexity index is 667. The number of fused-ring (bicyclic) bond motifs is 1. The number of esters is 3. The number of rotatable bonds is 6. The van der Waals surface area contributed by atoms with Crippen LogP contribution < -0.4 is 0 Å². The summed E-state index contributed by atoms with van der Waals surface area (Å²) in [5.41, 5.74) is -0.383. The molecule has 2 aliphatic heterocycles. The molecule has 0 amide bonds. The minimum absolute atomic E-state index is 0.0276. The van der Waals surface area contributed by atoms with Gasteiger partial charge in [-0.05, 0) is 38.5 Å². The van der Waals surface area contributed by atoms with Crippen LogP contribution in [0.25, 0.3) is 0 Å². The van der Waals surface area contributed by atoms with Crippen LogP contribution in [0.3, 0.4) is 0 Å². The molecule has 0 radical (unpaired) electrons. The molecular weight excluding hydrogens is 350 g/mol. The normalized spacial score (nSPS) is 40.9. The number of ether oxygens (including phenoxy) is 3. The van der Waals surface area contributed by atoms with Gasteiger partial charge in [0.15, 0.2) is 0 Å². The van der Waals surface area contributed by atoms with Crippen LogP contribution in [-0.2, 0) is 28.6 Å². The van der Waals surface area contributed by atoms with E-state index in [0.717, 1.165) is 45.2 Å². The highest BCUT2D eigenvalue weighted by Gasteiger charge is 2.70. The lowest BCUT2D eigenvalue weighted by Gasteiger charge is -2.34. The molecule has 5 rings (SSSR count). The zero-order chi connectivity index (χ0) is 18.8. The van der Waals surface area contributed by atoms with Crippen molar-refractivity contribution in [2.45, 2.75) is 63.3 Å². The van der Waals surface area contributed by atoms with Gasteiger partial charge in [-0.2, -0.15) is 0 Å². The topological polar surface area (TPSA) is 81.9 Å². The average molecular weight is 377 g/mol. The predicted molar refractivity (Wildman–Crippen MR) is 92.4 cm³/mol. The van der Waals surface area contributed by atoms with Crippen molar-refractivity contribution >= 4 is 17.9 Å². The molecule has 2 saturated heterocycles. The fourth-order valence-electron chi connectivity index (χ4n) is 5.90. The SMILES string of the molecule is CCC1(OC(=O)C2C3CC4C(OC(=O)C42)C3OC(=O)CN2CC2)CCCC1. The number of carbonyl (C=O) groups is 3. The quantitative estimate of drug-likeness (QED) is 0.392. The maximum atomic E-state index is 13.1. The van der Waals surface area contributed by atoms with E-state index in [2.05, 4.69) is 6.92 Å². The Kier molecular flexibility index (Phi) is 4.00. The third-order valence-corrected chi connectivity index (χ3v) is 7.45. The largest absolute Gasteiger partial charge is 0.459 e. The molecular formula is C20H27NO6. The van der Waals surface area contributed by atoms with Crippen molar-refractivity contribution in [1.82, 2.24) is 4.90 Å². The lowest BCUT2D eigenvalue weighted by atomic mass is 9.78. The van der Waals surface area contributed by atoms with Crippen LogP contribution in [-0.4, -0.2) is 60.3 Å². The number of hydrogen-bond acceptors (Lipinski definition) is 7. The highest BCUT2D eigenvalue weighted by atomic mass is 16.6. The van der Waals surface area contributed by atoms with Gasteiger partial charge < -0.3 is 14.2 Å². The number of nitrogens with zero attached hydrogens (tertiary/aromatic N) is 1. The molecule has 0 spiro atoms. The van der Waals surface area contributed by atoms with Crippen molar-refractivity contribution in [3.8, 4) is 0 Å². The summed E-state index contributed by atoms with van der Waals surface area (Å²) in [4.78, 5) is 39.8. The van der Waals surface area contributed by atoms with Gasteiger partial charge in [-0.1, -0.05) is 6.92 Å². The van der Waals surface area contributed by atoms with Crippen LogP contribution >= 0.6 is 0 Å². The maximum Gasteiger partial charge on any atom is 0.320 e.